The van der Waals surface area contributed by atoms with Crippen LogP contribution in [0.5, 0.6) is 0 Å². The Kier molecular flexibility index (Phi) is 4.48. The Morgan fingerprint density at radius 1 is 1.07 bits per heavy atom. The third-order valence-corrected chi connectivity index (χ3v) is 6.35. The standard InChI is InChI=1S/C21H18N4O4S/c1-24-19(27)14-4-2-12(10-15(14)20(24)28)18(26)22-13-3-5-16-17(11-13)30-21(23-16)25-6-8-29-9-7-25/h2-5,10-11H,6-9H2,1H3,(H,22,26). The number of thiazole rings is 1. The van der Waals surface area contributed by atoms with E-state index in [4.69, 9.17) is 4.74 Å². The van der Waals surface area contributed by atoms with Crippen molar-refractivity contribution in [3.63, 3.8) is 0 Å². The van der Waals surface area contributed by atoms with E-state index in [9.17, 15) is 14.4 Å². The SMILES string of the molecule is CN1C(=O)c2ccc(C(=O)Nc3ccc4nc(N5CCOCC5)sc4c3)cc2C1=O. The zero-order chi connectivity index (χ0) is 20.8. The molecule has 9 heteroatoms. The third kappa shape index (κ3) is 3.12. The number of ether oxygens (including phenoxy) is 1. The van der Waals surface area contributed by atoms with Gasteiger partial charge in [0.25, 0.3) is 17.7 Å². The largest absolute Gasteiger partial charge is 0.378 e. The molecule has 30 heavy (non-hydrogen) atoms. The first-order valence-corrected chi connectivity index (χ1v) is 10.3. The minimum atomic E-state index is -0.397. The van der Waals surface area contributed by atoms with Crippen molar-refractivity contribution >= 4 is 50.1 Å². The number of anilines is 2. The van der Waals surface area contributed by atoms with Crippen LogP contribution in [0.25, 0.3) is 10.2 Å². The Morgan fingerprint density at radius 3 is 2.63 bits per heavy atom. The highest BCUT2D eigenvalue weighted by atomic mass is 32.1. The smallest absolute Gasteiger partial charge is 0.261 e. The first-order valence-electron chi connectivity index (χ1n) is 9.52. The van der Waals surface area contributed by atoms with E-state index in [2.05, 4.69) is 15.2 Å². The Labute approximate surface area is 176 Å². The molecule has 8 nitrogen and oxygen atoms in total. The van der Waals surface area contributed by atoms with Gasteiger partial charge in [-0.3, -0.25) is 19.3 Å². The van der Waals surface area contributed by atoms with Gasteiger partial charge in [0, 0.05) is 31.4 Å². The molecule has 2 aromatic carbocycles. The quantitative estimate of drug-likeness (QED) is 0.653. The topological polar surface area (TPSA) is 91.8 Å². The molecule has 0 unspecified atom stereocenters. The summed E-state index contributed by atoms with van der Waals surface area (Å²) in [7, 11) is 1.43. The van der Waals surface area contributed by atoms with Crippen LogP contribution < -0.4 is 10.2 Å². The van der Waals surface area contributed by atoms with Crippen LogP contribution in [0.1, 0.15) is 31.1 Å². The molecule has 1 N–H and O–H groups in total. The monoisotopic (exact) mass is 422 g/mol. The van der Waals surface area contributed by atoms with Gasteiger partial charge in [-0.05, 0) is 36.4 Å². The summed E-state index contributed by atoms with van der Waals surface area (Å²) in [6.45, 7) is 3.03. The minimum absolute atomic E-state index is 0.253. The van der Waals surface area contributed by atoms with Crippen LogP contribution in [-0.2, 0) is 4.74 Å². The second kappa shape index (κ2) is 7.19. The predicted octanol–water partition coefficient (Wildman–Crippen LogP) is 2.61. The summed E-state index contributed by atoms with van der Waals surface area (Å²) in [4.78, 5) is 44.8. The van der Waals surface area contributed by atoms with Gasteiger partial charge < -0.3 is 15.0 Å². The summed E-state index contributed by atoms with van der Waals surface area (Å²) in [5.74, 6) is -1.09. The molecule has 0 bridgehead atoms. The van der Waals surface area contributed by atoms with E-state index in [1.807, 2.05) is 12.1 Å². The number of carbonyl (C=O) groups is 3. The summed E-state index contributed by atoms with van der Waals surface area (Å²) >= 11 is 1.58. The fourth-order valence-corrected chi connectivity index (χ4v) is 4.64. The number of amides is 3. The Balaban J connectivity index is 1.37. The van der Waals surface area contributed by atoms with E-state index in [1.54, 1.807) is 23.5 Å². The molecular weight excluding hydrogens is 404 g/mol. The zero-order valence-electron chi connectivity index (χ0n) is 16.2. The van der Waals surface area contributed by atoms with Crippen molar-refractivity contribution in [3.05, 3.63) is 53.1 Å². The summed E-state index contributed by atoms with van der Waals surface area (Å²) < 4.78 is 6.37. The lowest BCUT2D eigenvalue weighted by Gasteiger charge is -2.25. The fraction of sp³-hybridized carbons (Fsp3) is 0.238. The lowest BCUT2D eigenvalue weighted by molar-refractivity contribution is 0.0693. The van der Waals surface area contributed by atoms with E-state index in [-0.39, 0.29) is 17.4 Å². The number of carbonyl (C=O) groups excluding carboxylic acids is 3. The van der Waals surface area contributed by atoms with Crippen molar-refractivity contribution in [1.82, 2.24) is 9.88 Å². The molecule has 1 aromatic heterocycles. The predicted molar refractivity (Wildman–Crippen MR) is 113 cm³/mol. The Bertz CT molecular complexity index is 1200. The van der Waals surface area contributed by atoms with Crippen LogP contribution >= 0.6 is 11.3 Å². The number of nitrogens with zero attached hydrogens (tertiary/aromatic N) is 3. The van der Waals surface area contributed by atoms with Crippen molar-refractivity contribution in [2.45, 2.75) is 0 Å². The lowest BCUT2D eigenvalue weighted by Crippen LogP contribution is -2.36. The van der Waals surface area contributed by atoms with Crippen molar-refractivity contribution in [1.29, 1.82) is 0 Å². The molecule has 1 saturated heterocycles. The van der Waals surface area contributed by atoms with Gasteiger partial charge in [0.2, 0.25) is 0 Å². The molecule has 3 heterocycles. The number of hydrogen-bond donors (Lipinski definition) is 1. The first-order chi connectivity index (χ1) is 14.5. The van der Waals surface area contributed by atoms with E-state index < -0.39 is 5.91 Å². The van der Waals surface area contributed by atoms with Gasteiger partial charge >= 0.3 is 0 Å². The summed E-state index contributed by atoms with van der Waals surface area (Å²) in [6, 6.07) is 10.1. The maximum atomic E-state index is 12.7. The first kappa shape index (κ1) is 18.7. The summed E-state index contributed by atoms with van der Waals surface area (Å²) in [5.41, 5.74) is 2.42. The normalized spacial score (nSPS) is 16.3. The Hall–Kier alpha value is -3.30. The molecule has 3 amide bonds. The van der Waals surface area contributed by atoms with Gasteiger partial charge in [0.1, 0.15) is 0 Å². The molecule has 152 valence electrons. The van der Waals surface area contributed by atoms with E-state index in [1.165, 1.54) is 19.2 Å². The average molecular weight is 422 g/mol. The number of benzene rings is 2. The Morgan fingerprint density at radius 2 is 1.83 bits per heavy atom. The number of imide groups is 1. The average Bonchev–Trinajstić information content (AvgIpc) is 3.29. The van der Waals surface area contributed by atoms with Crippen LogP contribution in [0, 0.1) is 0 Å². The molecule has 0 radical (unpaired) electrons. The van der Waals surface area contributed by atoms with Crippen LogP contribution in [0.2, 0.25) is 0 Å². The maximum Gasteiger partial charge on any atom is 0.261 e. The molecule has 0 spiro atoms. The molecule has 5 rings (SSSR count). The summed E-state index contributed by atoms with van der Waals surface area (Å²) in [6.07, 6.45) is 0. The summed E-state index contributed by atoms with van der Waals surface area (Å²) in [5, 5.41) is 3.81. The number of rotatable bonds is 3. The van der Waals surface area contributed by atoms with E-state index in [0.29, 0.717) is 30.0 Å². The van der Waals surface area contributed by atoms with E-state index in [0.717, 1.165) is 33.3 Å². The molecule has 0 aliphatic carbocycles. The molecule has 0 saturated carbocycles. The molecule has 0 atom stereocenters. The molecule has 2 aliphatic heterocycles. The van der Waals surface area contributed by atoms with Gasteiger partial charge in [-0.25, -0.2) is 4.98 Å². The van der Waals surface area contributed by atoms with Crippen LogP contribution in [0.15, 0.2) is 36.4 Å². The number of aromatic nitrogens is 1. The fourth-order valence-electron chi connectivity index (χ4n) is 3.59. The van der Waals surface area contributed by atoms with Crippen molar-refractivity contribution in [2.24, 2.45) is 0 Å². The zero-order valence-corrected chi connectivity index (χ0v) is 17.0. The van der Waals surface area contributed by atoms with Crippen molar-refractivity contribution in [2.75, 3.05) is 43.6 Å². The number of morpholine rings is 1. The number of fused-ring (bicyclic) bond motifs is 2. The van der Waals surface area contributed by atoms with E-state index >= 15 is 0 Å². The molecule has 1 fully saturated rings. The van der Waals surface area contributed by atoms with Gasteiger partial charge in [0.05, 0.1) is 34.6 Å². The molecule has 3 aromatic rings. The second-order valence-corrected chi connectivity index (χ2v) is 8.17. The van der Waals surface area contributed by atoms with Crippen LogP contribution in [-0.4, -0.2) is 61.0 Å². The molecule has 2 aliphatic rings. The third-order valence-electron chi connectivity index (χ3n) is 5.27. The molecular formula is C21H18N4O4S. The van der Waals surface area contributed by atoms with Gasteiger partial charge in [0.15, 0.2) is 5.13 Å². The highest BCUT2D eigenvalue weighted by molar-refractivity contribution is 7.22. The highest BCUT2D eigenvalue weighted by Crippen LogP contribution is 2.31. The highest BCUT2D eigenvalue weighted by Gasteiger charge is 2.33. The number of hydrogen-bond acceptors (Lipinski definition) is 7. The number of nitrogens with one attached hydrogen (secondary N) is 1. The van der Waals surface area contributed by atoms with Gasteiger partial charge in [-0.15, -0.1) is 0 Å². The second-order valence-electron chi connectivity index (χ2n) is 7.16. The van der Waals surface area contributed by atoms with Crippen LogP contribution in [0.3, 0.4) is 0 Å². The van der Waals surface area contributed by atoms with Gasteiger partial charge in [-0.1, -0.05) is 11.3 Å². The van der Waals surface area contributed by atoms with Gasteiger partial charge in [-0.2, -0.15) is 0 Å². The lowest BCUT2D eigenvalue weighted by atomic mass is 10.1. The maximum absolute atomic E-state index is 12.7. The van der Waals surface area contributed by atoms with Crippen LogP contribution in [0.4, 0.5) is 10.8 Å². The van der Waals surface area contributed by atoms with Crippen molar-refractivity contribution < 1.29 is 19.1 Å². The minimum Gasteiger partial charge on any atom is -0.378 e. The van der Waals surface area contributed by atoms with Crippen molar-refractivity contribution in [3.8, 4) is 0 Å².